The molecule has 0 aromatic heterocycles. The second kappa shape index (κ2) is 7.94. The van der Waals surface area contributed by atoms with Crippen molar-refractivity contribution in [2.45, 2.75) is 42.4 Å². The number of imide groups is 1. The number of hydrogen-bond acceptors (Lipinski definition) is 13. The van der Waals surface area contributed by atoms with Gasteiger partial charge < -0.3 is 46.7 Å². The Labute approximate surface area is 210 Å². The van der Waals surface area contributed by atoms with Gasteiger partial charge in [-0.3, -0.25) is 19.3 Å². The van der Waals surface area contributed by atoms with Gasteiger partial charge in [-0.15, -0.1) is 0 Å². The van der Waals surface area contributed by atoms with E-state index in [9.17, 15) is 24.6 Å². The molecular weight excluding hydrogens is 488 g/mol. The highest BCUT2D eigenvalue weighted by Crippen LogP contribution is 2.45. The first-order valence-electron chi connectivity index (χ1n) is 11.8. The average molecular weight is 514 g/mol. The molecule has 0 bridgehead atoms. The van der Waals surface area contributed by atoms with Crippen molar-refractivity contribution < 1.29 is 34.1 Å². The van der Waals surface area contributed by atoms with E-state index in [2.05, 4.69) is 20.6 Å². The zero-order chi connectivity index (χ0) is 26.1. The van der Waals surface area contributed by atoms with Crippen LogP contribution in [0.25, 0.3) is 0 Å². The van der Waals surface area contributed by atoms with Gasteiger partial charge in [-0.2, -0.15) is 0 Å². The molecule has 0 aliphatic carbocycles. The number of amides is 3. The van der Waals surface area contributed by atoms with Gasteiger partial charge in [0.25, 0.3) is 5.91 Å². The number of nitrogens with one attached hydrogen (secondary N) is 2. The van der Waals surface area contributed by atoms with Crippen molar-refractivity contribution in [1.29, 1.82) is 0 Å². The minimum Gasteiger partial charge on any atom is -0.486 e. The van der Waals surface area contributed by atoms with Crippen LogP contribution in [-0.4, -0.2) is 106 Å². The number of ether oxygens (including phenoxy) is 2. The normalized spacial score (nSPS) is 31.4. The number of carbonyl (C=O) groups is 3. The van der Waals surface area contributed by atoms with Crippen molar-refractivity contribution in [1.82, 2.24) is 20.4 Å². The van der Waals surface area contributed by atoms with E-state index < -0.39 is 35.5 Å². The molecule has 2 saturated heterocycles. The molecule has 1 aromatic rings. The van der Waals surface area contributed by atoms with Crippen LogP contribution in [0.4, 0.5) is 0 Å². The molecule has 1 spiro atoms. The van der Waals surface area contributed by atoms with Crippen LogP contribution >= 0.6 is 0 Å². The summed E-state index contributed by atoms with van der Waals surface area (Å²) in [5.74, 6) is -3.53. The molecule has 6 rings (SSSR count). The number of fused-ring (bicyclic) bond motifs is 1. The van der Waals surface area contributed by atoms with E-state index in [1.54, 1.807) is 12.1 Å². The van der Waals surface area contributed by atoms with Crippen molar-refractivity contribution in [2.75, 3.05) is 26.3 Å². The largest absolute Gasteiger partial charge is 0.486 e. The molecule has 15 nitrogen and oxygen atoms in total. The fourth-order valence-electron chi connectivity index (χ4n) is 5.74. The lowest BCUT2D eigenvalue weighted by atomic mass is 9.84. The number of nitrogens with two attached hydrogens (primary N) is 2. The number of guanidine groups is 2. The first kappa shape index (κ1) is 23.3. The van der Waals surface area contributed by atoms with Crippen molar-refractivity contribution in [3.8, 4) is 11.5 Å². The Bertz CT molecular complexity index is 1250. The van der Waals surface area contributed by atoms with Crippen molar-refractivity contribution in [3.63, 3.8) is 0 Å². The van der Waals surface area contributed by atoms with Gasteiger partial charge in [0.15, 0.2) is 29.1 Å². The van der Waals surface area contributed by atoms with Crippen molar-refractivity contribution >= 4 is 29.6 Å². The summed E-state index contributed by atoms with van der Waals surface area (Å²) in [6.07, 6.45) is 0.179. The fraction of sp³-hybridized carbons (Fsp3) is 0.500. The summed E-state index contributed by atoms with van der Waals surface area (Å²) in [4.78, 5) is 48.9. The van der Waals surface area contributed by atoms with Crippen LogP contribution in [0.1, 0.15) is 23.2 Å². The Kier molecular flexibility index (Phi) is 5.00. The van der Waals surface area contributed by atoms with E-state index in [0.29, 0.717) is 12.4 Å². The number of likely N-dealkylation sites (tertiary alicyclic amines) is 1. The highest BCUT2D eigenvalue weighted by atomic mass is 16.6. The van der Waals surface area contributed by atoms with Gasteiger partial charge in [0, 0.05) is 19.4 Å². The summed E-state index contributed by atoms with van der Waals surface area (Å²) >= 11 is 0. The third-order valence-corrected chi connectivity index (χ3v) is 7.44. The quantitative estimate of drug-likeness (QED) is 0.170. The van der Waals surface area contributed by atoms with Gasteiger partial charge in [-0.25, -0.2) is 9.98 Å². The van der Waals surface area contributed by atoms with Crippen LogP contribution < -0.4 is 31.6 Å². The maximum absolute atomic E-state index is 13.3. The van der Waals surface area contributed by atoms with Crippen LogP contribution in [0.15, 0.2) is 28.2 Å². The lowest BCUT2D eigenvalue weighted by Gasteiger charge is -2.49. The third kappa shape index (κ3) is 3.23. The number of carbonyl (C=O) groups excluding carboxylic acids is 3. The zero-order valence-corrected chi connectivity index (χ0v) is 19.6. The van der Waals surface area contributed by atoms with Crippen LogP contribution in [-0.2, 0) is 9.59 Å². The summed E-state index contributed by atoms with van der Waals surface area (Å²) in [5, 5.41) is 28.6. The molecule has 3 amide bonds. The molecule has 37 heavy (non-hydrogen) atoms. The van der Waals surface area contributed by atoms with E-state index in [1.165, 1.54) is 11.0 Å². The molecule has 4 atom stereocenters. The van der Waals surface area contributed by atoms with Crippen LogP contribution in [0.3, 0.4) is 0 Å². The minimum absolute atomic E-state index is 0.0872. The molecule has 2 fully saturated rings. The van der Waals surface area contributed by atoms with E-state index >= 15 is 0 Å². The Balaban J connectivity index is 1.31. The molecule has 8 N–H and O–H groups in total. The number of rotatable bonds is 4. The summed E-state index contributed by atoms with van der Waals surface area (Å²) in [6.45, 7) is 0.302. The first-order chi connectivity index (χ1) is 17.6. The van der Waals surface area contributed by atoms with Crippen LogP contribution in [0.2, 0.25) is 0 Å². The maximum atomic E-state index is 13.3. The van der Waals surface area contributed by atoms with E-state index in [-0.39, 0.29) is 67.6 Å². The molecule has 5 aliphatic rings. The first-order valence-corrected chi connectivity index (χ1v) is 11.8. The molecule has 15 heteroatoms. The molecule has 196 valence electrons. The van der Waals surface area contributed by atoms with E-state index in [1.807, 2.05) is 0 Å². The lowest BCUT2D eigenvalue weighted by Crippen LogP contribution is -2.78. The molecular formula is C22H26N8O7. The highest BCUT2D eigenvalue weighted by Gasteiger charge is 2.73. The van der Waals surface area contributed by atoms with Gasteiger partial charge in [0.05, 0.1) is 18.2 Å². The second-order valence-corrected chi connectivity index (χ2v) is 9.50. The monoisotopic (exact) mass is 514 g/mol. The van der Waals surface area contributed by atoms with Gasteiger partial charge in [-0.1, -0.05) is 6.07 Å². The van der Waals surface area contributed by atoms with E-state index in [4.69, 9.17) is 20.9 Å². The Morgan fingerprint density at radius 3 is 2.65 bits per heavy atom. The van der Waals surface area contributed by atoms with Crippen molar-refractivity contribution in [3.05, 3.63) is 23.8 Å². The number of hydrogen-bond donors (Lipinski definition) is 6. The van der Waals surface area contributed by atoms with Gasteiger partial charge >= 0.3 is 0 Å². The second-order valence-electron chi connectivity index (χ2n) is 9.50. The Morgan fingerprint density at radius 2 is 1.89 bits per heavy atom. The van der Waals surface area contributed by atoms with Crippen LogP contribution in [0, 0.1) is 0 Å². The molecule has 0 radical (unpaired) electrons. The van der Waals surface area contributed by atoms with Crippen molar-refractivity contribution in [2.24, 2.45) is 21.5 Å². The number of benzene rings is 1. The number of aliphatic imine (C=N–C) groups is 2. The predicted octanol–water partition coefficient (Wildman–Crippen LogP) is -3.62. The van der Waals surface area contributed by atoms with Crippen LogP contribution in [0.5, 0.6) is 11.5 Å². The third-order valence-electron chi connectivity index (χ3n) is 7.44. The fourth-order valence-corrected chi connectivity index (χ4v) is 5.74. The lowest BCUT2D eigenvalue weighted by molar-refractivity contribution is -0.230. The summed E-state index contributed by atoms with van der Waals surface area (Å²) in [7, 11) is 0. The zero-order valence-electron chi connectivity index (χ0n) is 19.6. The molecule has 0 saturated carbocycles. The smallest absolute Gasteiger partial charge is 0.255 e. The number of aliphatic hydroxyl groups is 2. The molecule has 0 unspecified atom stereocenters. The van der Waals surface area contributed by atoms with Gasteiger partial charge in [-0.05, 0) is 12.1 Å². The highest BCUT2D eigenvalue weighted by molar-refractivity contribution is 6.02. The van der Waals surface area contributed by atoms with E-state index in [0.717, 1.165) is 4.90 Å². The Hall–Kier alpha value is -4.11. The molecule has 1 aromatic carbocycles. The van der Waals surface area contributed by atoms with Gasteiger partial charge in [0.1, 0.15) is 25.3 Å². The SMILES string of the molecule is NC1=N[C@H]2[C@H](CN3C(=O)CCC3=O)N=C(N)N3C[C@H](NC(=O)c4cccc5c4OCCO5)C(O)(O)[C@]23N1. The molecule has 5 heterocycles. The number of nitrogens with zero attached hydrogens (tertiary/aromatic N) is 4. The summed E-state index contributed by atoms with van der Waals surface area (Å²) in [6, 6.07) is 1.61. The predicted molar refractivity (Wildman–Crippen MR) is 125 cm³/mol. The minimum atomic E-state index is -2.66. The standard InChI is InChI=1S/C22H26N8O7/c23-19-27-17-11(8-29-14(31)4-5-15(29)32)25-20(24)30-9-13(22(34,35)21(17,30)28-19)26-18(33)10-2-1-3-12-16(10)37-7-6-36-12/h1-3,11,13,17,34-35H,4-9H2,(H2,24,25)(H,26,33)(H3,23,27,28)/t11-,13-,17-,21-/m0/s1. The summed E-state index contributed by atoms with van der Waals surface area (Å²) in [5.41, 5.74) is 10.6. The molecule has 5 aliphatic heterocycles. The number of para-hydroxylation sites is 1. The maximum Gasteiger partial charge on any atom is 0.255 e. The topological polar surface area (TPSA) is 217 Å². The Morgan fingerprint density at radius 1 is 1.16 bits per heavy atom. The summed E-state index contributed by atoms with van der Waals surface area (Å²) < 4.78 is 11.1. The average Bonchev–Trinajstić information content (AvgIpc) is 3.46. The van der Waals surface area contributed by atoms with Gasteiger partial charge in [0.2, 0.25) is 17.6 Å².